The van der Waals surface area contributed by atoms with E-state index in [2.05, 4.69) is 51.7 Å². The molecule has 3 aliphatic rings. The standard InChI is InChI=1S/C23H39N/c1-6-18-12-11-13-19(7-2)21(18)24-17-23(5,16-22(24,3)4)20-14-9-8-10-15-20/h11-12,19-20H,6-10,13-17H2,1-5H3/t19-,23?/m1/s1. The van der Waals surface area contributed by atoms with Crippen molar-refractivity contribution in [2.45, 2.75) is 97.9 Å². The molecule has 0 N–H and O–H groups in total. The van der Waals surface area contributed by atoms with Gasteiger partial charge in [-0.15, -0.1) is 0 Å². The predicted octanol–water partition coefficient (Wildman–Crippen LogP) is 6.71. The smallest absolute Gasteiger partial charge is 0.0349 e. The highest BCUT2D eigenvalue weighted by Gasteiger charge is 2.50. The molecule has 1 heterocycles. The Kier molecular flexibility index (Phi) is 5.19. The number of allylic oxidation sites excluding steroid dienone is 4. The van der Waals surface area contributed by atoms with Gasteiger partial charge in [-0.05, 0) is 69.3 Å². The van der Waals surface area contributed by atoms with Crippen molar-refractivity contribution < 1.29 is 0 Å². The normalized spacial score (nSPS) is 34.2. The second kappa shape index (κ2) is 6.89. The zero-order valence-electron chi connectivity index (χ0n) is 16.8. The molecule has 3 rings (SSSR count). The fourth-order valence-corrected chi connectivity index (χ4v) is 6.09. The molecule has 1 saturated carbocycles. The Labute approximate surface area is 150 Å². The van der Waals surface area contributed by atoms with E-state index in [1.807, 2.05) is 0 Å². The molecule has 0 aromatic carbocycles. The SMILES string of the molecule is CCC1=C(N2CC(C)(C3CCCCC3)CC2(C)C)[C@H](CC)CC=C1. The van der Waals surface area contributed by atoms with Crippen LogP contribution in [0, 0.1) is 17.3 Å². The van der Waals surface area contributed by atoms with Crippen LogP contribution in [0.25, 0.3) is 0 Å². The summed E-state index contributed by atoms with van der Waals surface area (Å²) >= 11 is 0. The molecule has 0 bridgehead atoms. The van der Waals surface area contributed by atoms with Crippen LogP contribution >= 0.6 is 0 Å². The zero-order chi connectivity index (χ0) is 17.4. The minimum Gasteiger partial charge on any atom is -0.369 e. The topological polar surface area (TPSA) is 3.24 Å². The Balaban J connectivity index is 1.92. The Morgan fingerprint density at radius 2 is 1.79 bits per heavy atom. The van der Waals surface area contributed by atoms with Crippen LogP contribution in [-0.2, 0) is 0 Å². The van der Waals surface area contributed by atoms with Gasteiger partial charge in [0.25, 0.3) is 0 Å². The summed E-state index contributed by atoms with van der Waals surface area (Å²) in [7, 11) is 0. The van der Waals surface area contributed by atoms with Crippen molar-refractivity contribution in [2.24, 2.45) is 17.3 Å². The Bertz CT molecular complexity index is 506. The van der Waals surface area contributed by atoms with Crippen LogP contribution < -0.4 is 0 Å². The number of hydrogen-bond acceptors (Lipinski definition) is 1. The molecule has 1 saturated heterocycles. The molecule has 0 spiro atoms. The van der Waals surface area contributed by atoms with Crippen molar-refractivity contribution in [2.75, 3.05) is 6.54 Å². The van der Waals surface area contributed by atoms with E-state index in [4.69, 9.17) is 0 Å². The Hall–Kier alpha value is -0.720. The summed E-state index contributed by atoms with van der Waals surface area (Å²) in [6.45, 7) is 13.6. The van der Waals surface area contributed by atoms with E-state index >= 15 is 0 Å². The first-order valence-electron chi connectivity index (χ1n) is 10.6. The predicted molar refractivity (Wildman–Crippen MR) is 105 cm³/mol. The Morgan fingerprint density at radius 1 is 1.08 bits per heavy atom. The molecule has 1 nitrogen and oxygen atoms in total. The van der Waals surface area contributed by atoms with Crippen LogP contribution in [0.4, 0.5) is 0 Å². The summed E-state index contributed by atoms with van der Waals surface area (Å²) in [5.41, 5.74) is 4.12. The molecule has 0 amide bonds. The minimum absolute atomic E-state index is 0.306. The molecule has 24 heavy (non-hydrogen) atoms. The van der Waals surface area contributed by atoms with Gasteiger partial charge in [0.15, 0.2) is 0 Å². The van der Waals surface area contributed by atoms with E-state index in [1.165, 1.54) is 64.3 Å². The molecule has 0 aromatic rings. The first-order chi connectivity index (χ1) is 11.4. The summed E-state index contributed by atoms with van der Waals surface area (Å²) in [6, 6.07) is 0. The van der Waals surface area contributed by atoms with Gasteiger partial charge in [-0.3, -0.25) is 0 Å². The van der Waals surface area contributed by atoms with Gasteiger partial charge in [0.2, 0.25) is 0 Å². The fraction of sp³-hybridized carbons (Fsp3) is 0.826. The van der Waals surface area contributed by atoms with Gasteiger partial charge in [0.05, 0.1) is 0 Å². The third kappa shape index (κ3) is 3.20. The van der Waals surface area contributed by atoms with Gasteiger partial charge in [-0.25, -0.2) is 0 Å². The third-order valence-corrected chi connectivity index (χ3v) is 7.30. The maximum absolute atomic E-state index is 2.86. The lowest BCUT2D eigenvalue weighted by molar-refractivity contribution is 0.143. The van der Waals surface area contributed by atoms with Gasteiger partial charge < -0.3 is 4.90 Å². The molecular formula is C23H39N. The molecular weight excluding hydrogens is 290 g/mol. The lowest BCUT2D eigenvalue weighted by Crippen LogP contribution is -2.41. The zero-order valence-corrected chi connectivity index (χ0v) is 16.8. The molecule has 2 aliphatic carbocycles. The first kappa shape index (κ1) is 18.1. The van der Waals surface area contributed by atoms with Gasteiger partial charge in [-0.2, -0.15) is 0 Å². The van der Waals surface area contributed by atoms with Gasteiger partial charge in [0, 0.05) is 23.7 Å². The average Bonchev–Trinajstić information content (AvgIpc) is 2.84. The van der Waals surface area contributed by atoms with Crippen molar-refractivity contribution in [3.63, 3.8) is 0 Å². The maximum Gasteiger partial charge on any atom is 0.0349 e. The van der Waals surface area contributed by atoms with Crippen molar-refractivity contribution in [3.8, 4) is 0 Å². The number of nitrogens with zero attached hydrogens (tertiary/aromatic N) is 1. The van der Waals surface area contributed by atoms with Gasteiger partial charge in [0.1, 0.15) is 0 Å². The first-order valence-corrected chi connectivity index (χ1v) is 10.6. The van der Waals surface area contributed by atoms with Crippen LogP contribution in [0.1, 0.15) is 92.4 Å². The van der Waals surface area contributed by atoms with Crippen molar-refractivity contribution >= 4 is 0 Å². The van der Waals surface area contributed by atoms with Crippen molar-refractivity contribution in [3.05, 3.63) is 23.4 Å². The average molecular weight is 330 g/mol. The number of rotatable bonds is 4. The molecule has 2 fully saturated rings. The van der Waals surface area contributed by atoms with Crippen LogP contribution in [-0.4, -0.2) is 17.0 Å². The highest BCUT2D eigenvalue weighted by atomic mass is 15.2. The van der Waals surface area contributed by atoms with E-state index in [1.54, 1.807) is 11.3 Å². The summed E-state index contributed by atoms with van der Waals surface area (Å²) in [5, 5.41) is 0. The monoisotopic (exact) mass is 329 g/mol. The summed E-state index contributed by atoms with van der Waals surface area (Å²) in [5.74, 6) is 1.68. The van der Waals surface area contributed by atoms with Crippen molar-refractivity contribution in [1.29, 1.82) is 0 Å². The lowest BCUT2D eigenvalue weighted by atomic mass is 9.67. The highest BCUT2D eigenvalue weighted by Crippen LogP contribution is 2.53. The van der Waals surface area contributed by atoms with E-state index in [0.717, 1.165) is 11.8 Å². The summed E-state index contributed by atoms with van der Waals surface area (Å²) in [6.07, 6.45) is 17.2. The summed E-state index contributed by atoms with van der Waals surface area (Å²) in [4.78, 5) is 2.86. The largest absolute Gasteiger partial charge is 0.369 e. The minimum atomic E-state index is 0.306. The number of likely N-dealkylation sites (tertiary alicyclic amines) is 1. The van der Waals surface area contributed by atoms with Crippen LogP contribution in [0.5, 0.6) is 0 Å². The van der Waals surface area contributed by atoms with E-state index in [9.17, 15) is 0 Å². The van der Waals surface area contributed by atoms with E-state index in [-0.39, 0.29) is 0 Å². The van der Waals surface area contributed by atoms with Crippen LogP contribution in [0.3, 0.4) is 0 Å². The molecule has 0 aromatic heterocycles. The molecule has 1 unspecified atom stereocenters. The quantitative estimate of drug-likeness (QED) is 0.554. The second-order valence-corrected chi connectivity index (χ2v) is 9.57. The Morgan fingerprint density at radius 3 is 2.42 bits per heavy atom. The van der Waals surface area contributed by atoms with Gasteiger partial charge >= 0.3 is 0 Å². The number of hydrogen-bond donors (Lipinski definition) is 0. The van der Waals surface area contributed by atoms with Gasteiger partial charge in [-0.1, -0.05) is 52.2 Å². The molecule has 1 heteroatoms. The second-order valence-electron chi connectivity index (χ2n) is 9.57. The highest BCUT2D eigenvalue weighted by molar-refractivity contribution is 5.33. The molecule has 0 radical (unpaired) electrons. The van der Waals surface area contributed by atoms with Crippen molar-refractivity contribution in [1.82, 2.24) is 4.90 Å². The maximum atomic E-state index is 2.86. The van der Waals surface area contributed by atoms with Crippen LogP contribution in [0.15, 0.2) is 23.4 Å². The fourth-order valence-electron chi connectivity index (χ4n) is 6.09. The summed E-state index contributed by atoms with van der Waals surface area (Å²) < 4.78 is 0. The lowest BCUT2D eigenvalue weighted by Gasteiger charge is -2.41. The van der Waals surface area contributed by atoms with Crippen LogP contribution in [0.2, 0.25) is 0 Å². The molecule has 2 atom stereocenters. The molecule has 1 aliphatic heterocycles. The van der Waals surface area contributed by atoms with E-state index in [0.29, 0.717) is 11.0 Å². The van der Waals surface area contributed by atoms with E-state index < -0.39 is 0 Å². The third-order valence-electron chi connectivity index (χ3n) is 7.30. The molecule has 136 valence electrons.